The first kappa shape index (κ1) is 23.7. The molecule has 2 rings (SSSR count). The number of hydrogen-bond acceptors (Lipinski definition) is 6. The number of thioether (sulfide) groups is 1. The van der Waals surface area contributed by atoms with Gasteiger partial charge in [0.2, 0.25) is 5.91 Å². The first-order valence-electron chi connectivity index (χ1n) is 8.67. The van der Waals surface area contributed by atoms with Crippen molar-refractivity contribution in [3.05, 3.63) is 34.7 Å². The molecule has 30 heavy (non-hydrogen) atoms. The van der Waals surface area contributed by atoms with Gasteiger partial charge in [-0.25, -0.2) is 9.78 Å². The normalized spacial score (nSPS) is 12.7. The predicted octanol–water partition coefficient (Wildman–Crippen LogP) is 4.81. The van der Waals surface area contributed by atoms with Crippen LogP contribution in [0.25, 0.3) is 10.6 Å². The van der Waals surface area contributed by atoms with Gasteiger partial charge in [-0.2, -0.15) is 18.4 Å². The Morgan fingerprint density at radius 1 is 1.30 bits per heavy atom. The van der Waals surface area contributed by atoms with Crippen LogP contribution in [-0.2, 0) is 11.0 Å². The SMILES string of the molecule is CC(Sc1nc(-c2cccs2)cc(C(F)(F)F)c1C#N)C(=O)NC(=O)NC(C)(C)C. The standard InChI is InChI=1S/C19H19F3N4O2S2/c1-10(15(27)25-17(28)26-18(2,3)4)30-16-11(9-23)12(19(20,21)22)8-13(24-16)14-6-5-7-29-14/h5-8,10H,1-4H3,(H2,25,26,27,28). The van der Waals surface area contributed by atoms with Crippen molar-refractivity contribution in [3.8, 4) is 16.6 Å². The van der Waals surface area contributed by atoms with Gasteiger partial charge in [0.1, 0.15) is 11.1 Å². The molecular formula is C19H19F3N4O2S2. The summed E-state index contributed by atoms with van der Waals surface area (Å²) >= 11 is 1.89. The molecule has 1 atom stereocenters. The van der Waals surface area contributed by atoms with Crippen LogP contribution in [0.15, 0.2) is 28.6 Å². The van der Waals surface area contributed by atoms with Gasteiger partial charge in [0.25, 0.3) is 0 Å². The minimum atomic E-state index is -4.77. The number of pyridine rings is 1. The van der Waals surface area contributed by atoms with E-state index in [9.17, 15) is 28.0 Å². The Bertz CT molecular complexity index is 977. The highest BCUT2D eigenvalue weighted by molar-refractivity contribution is 8.00. The van der Waals surface area contributed by atoms with Crippen LogP contribution < -0.4 is 10.6 Å². The van der Waals surface area contributed by atoms with Gasteiger partial charge >= 0.3 is 12.2 Å². The molecule has 0 aliphatic carbocycles. The van der Waals surface area contributed by atoms with Gasteiger partial charge in [-0.05, 0) is 45.2 Å². The van der Waals surface area contributed by atoms with E-state index >= 15 is 0 Å². The van der Waals surface area contributed by atoms with Crippen LogP contribution in [0, 0.1) is 11.3 Å². The molecule has 11 heteroatoms. The van der Waals surface area contributed by atoms with Crippen molar-refractivity contribution >= 4 is 35.0 Å². The molecule has 2 N–H and O–H groups in total. The van der Waals surface area contributed by atoms with Gasteiger partial charge in [0.15, 0.2) is 0 Å². The summed E-state index contributed by atoms with van der Waals surface area (Å²) < 4.78 is 40.6. The molecular weight excluding hydrogens is 437 g/mol. The molecule has 0 saturated carbocycles. The fraction of sp³-hybridized carbons (Fsp3) is 0.368. The first-order chi connectivity index (χ1) is 13.8. The van der Waals surface area contributed by atoms with Crippen LogP contribution in [0.5, 0.6) is 0 Å². The Balaban J connectivity index is 2.36. The van der Waals surface area contributed by atoms with Crippen LogP contribution in [0.3, 0.4) is 0 Å². The minimum absolute atomic E-state index is 0.0527. The average molecular weight is 457 g/mol. The summed E-state index contributed by atoms with van der Waals surface area (Å²) in [4.78, 5) is 28.9. The molecule has 1 unspecified atom stereocenters. The molecule has 0 saturated heterocycles. The number of nitriles is 1. The Morgan fingerprint density at radius 3 is 2.47 bits per heavy atom. The topological polar surface area (TPSA) is 94.9 Å². The number of carbonyl (C=O) groups excluding carboxylic acids is 2. The lowest BCUT2D eigenvalue weighted by Gasteiger charge is -2.21. The van der Waals surface area contributed by atoms with Crippen LogP contribution >= 0.6 is 23.1 Å². The van der Waals surface area contributed by atoms with E-state index in [1.807, 2.05) is 0 Å². The van der Waals surface area contributed by atoms with Crippen molar-refractivity contribution in [1.82, 2.24) is 15.6 Å². The molecule has 0 aromatic carbocycles. The maximum absolute atomic E-state index is 13.5. The lowest BCUT2D eigenvalue weighted by atomic mass is 10.1. The smallest absolute Gasteiger partial charge is 0.333 e. The van der Waals surface area contributed by atoms with Gasteiger partial charge in [-0.15, -0.1) is 11.3 Å². The van der Waals surface area contributed by atoms with Crippen molar-refractivity contribution in [2.24, 2.45) is 0 Å². The van der Waals surface area contributed by atoms with E-state index in [2.05, 4.69) is 15.6 Å². The van der Waals surface area contributed by atoms with Crippen molar-refractivity contribution in [2.75, 3.05) is 0 Å². The second-order valence-corrected chi connectivity index (χ2v) is 9.55. The quantitative estimate of drug-likeness (QED) is 0.644. The number of hydrogen-bond donors (Lipinski definition) is 2. The first-order valence-corrected chi connectivity index (χ1v) is 10.4. The third-order valence-electron chi connectivity index (χ3n) is 3.56. The second-order valence-electron chi connectivity index (χ2n) is 7.28. The van der Waals surface area contributed by atoms with Crippen LogP contribution in [-0.4, -0.2) is 27.7 Å². The number of nitrogens with one attached hydrogen (secondary N) is 2. The molecule has 0 radical (unpaired) electrons. The van der Waals surface area contributed by atoms with Crippen LogP contribution in [0.2, 0.25) is 0 Å². The Hall–Kier alpha value is -2.58. The summed E-state index contributed by atoms with van der Waals surface area (Å²) in [6.45, 7) is 6.60. The van der Waals surface area contributed by atoms with E-state index in [1.165, 1.54) is 18.3 Å². The maximum Gasteiger partial charge on any atom is 0.417 e. The number of imide groups is 1. The van der Waals surface area contributed by atoms with Crippen molar-refractivity contribution < 1.29 is 22.8 Å². The zero-order chi connectivity index (χ0) is 22.7. The molecule has 0 bridgehead atoms. The number of amides is 3. The lowest BCUT2D eigenvalue weighted by molar-refractivity contribution is -0.138. The molecule has 2 aromatic heterocycles. The zero-order valence-electron chi connectivity index (χ0n) is 16.5. The average Bonchev–Trinajstić information content (AvgIpc) is 3.13. The fourth-order valence-corrected chi connectivity index (χ4v) is 3.91. The molecule has 2 heterocycles. The van der Waals surface area contributed by atoms with E-state index in [0.717, 1.165) is 6.07 Å². The van der Waals surface area contributed by atoms with Crippen molar-refractivity contribution in [1.29, 1.82) is 5.26 Å². The largest absolute Gasteiger partial charge is 0.417 e. The van der Waals surface area contributed by atoms with Crippen molar-refractivity contribution in [2.45, 2.75) is 49.7 Å². The van der Waals surface area contributed by atoms with E-state index in [4.69, 9.17) is 0 Å². The summed E-state index contributed by atoms with van der Waals surface area (Å²) in [5.41, 5.74) is -2.31. The Labute approximate surface area is 179 Å². The highest BCUT2D eigenvalue weighted by Gasteiger charge is 2.36. The molecule has 0 aliphatic heterocycles. The molecule has 3 amide bonds. The second kappa shape index (κ2) is 9.06. The number of thiophene rings is 1. The molecule has 0 fully saturated rings. The number of urea groups is 1. The number of carbonyl (C=O) groups is 2. The summed E-state index contributed by atoms with van der Waals surface area (Å²) in [6.07, 6.45) is -4.77. The highest BCUT2D eigenvalue weighted by Crippen LogP contribution is 2.39. The van der Waals surface area contributed by atoms with Gasteiger partial charge in [0, 0.05) is 5.54 Å². The predicted molar refractivity (Wildman–Crippen MR) is 109 cm³/mol. The van der Waals surface area contributed by atoms with Crippen LogP contribution in [0.4, 0.5) is 18.0 Å². The lowest BCUT2D eigenvalue weighted by Crippen LogP contribution is -2.49. The molecule has 2 aromatic rings. The Kier molecular flexibility index (Phi) is 7.15. The van der Waals surface area contributed by atoms with Crippen molar-refractivity contribution in [3.63, 3.8) is 0 Å². The highest BCUT2D eigenvalue weighted by atomic mass is 32.2. The molecule has 6 nitrogen and oxygen atoms in total. The van der Waals surface area contributed by atoms with E-state index < -0.39 is 40.0 Å². The van der Waals surface area contributed by atoms with E-state index in [-0.39, 0.29) is 10.7 Å². The minimum Gasteiger partial charge on any atom is -0.333 e. The summed E-state index contributed by atoms with van der Waals surface area (Å²) in [6, 6.07) is 4.93. The van der Waals surface area contributed by atoms with Gasteiger partial charge in [-0.3, -0.25) is 10.1 Å². The van der Waals surface area contributed by atoms with Gasteiger partial charge in [-0.1, -0.05) is 17.8 Å². The van der Waals surface area contributed by atoms with E-state index in [1.54, 1.807) is 44.4 Å². The number of rotatable bonds is 4. The van der Waals surface area contributed by atoms with E-state index in [0.29, 0.717) is 16.6 Å². The number of alkyl halides is 3. The summed E-state index contributed by atoms with van der Waals surface area (Å²) in [5.74, 6) is -0.720. The Morgan fingerprint density at radius 2 is 1.97 bits per heavy atom. The summed E-state index contributed by atoms with van der Waals surface area (Å²) in [5, 5.41) is 14.5. The zero-order valence-corrected chi connectivity index (χ0v) is 18.2. The third kappa shape index (κ3) is 6.21. The molecule has 160 valence electrons. The third-order valence-corrected chi connectivity index (χ3v) is 5.54. The van der Waals surface area contributed by atoms with Gasteiger partial charge < -0.3 is 5.32 Å². The monoisotopic (exact) mass is 456 g/mol. The summed E-state index contributed by atoms with van der Waals surface area (Å²) in [7, 11) is 0. The number of halogens is 3. The molecule has 0 spiro atoms. The number of aromatic nitrogens is 1. The van der Waals surface area contributed by atoms with Gasteiger partial charge in [0.05, 0.1) is 26.9 Å². The number of nitrogens with zero attached hydrogens (tertiary/aromatic N) is 2. The van der Waals surface area contributed by atoms with Crippen LogP contribution in [0.1, 0.15) is 38.8 Å². The fourth-order valence-electron chi connectivity index (χ4n) is 2.30. The maximum atomic E-state index is 13.5. The molecule has 0 aliphatic rings.